The number of benzene rings is 3. The number of rotatable bonds is 8. The normalized spacial score (nSPS) is 11.2. The third kappa shape index (κ3) is 5.81. The number of phenolic OH excluding ortho intramolecular Hbond substituents is 1. The van der Waals surface area contributed by atoms with Crippen LogP contribution in [0, 0.1) is 0 Å². The first kappa shape index (κ1) is 23.5. The van der Waals surface area contributed by atoms with Gasteiger partial charge in [0, 0.05) is 6.54 Å². The Balaban J connectivity index is 1.51. The van der Waals surface area contributed by atoms with Crippen LogP contribution in [0.5, 0.6) is 5.75 Å². The Hall–Kier alpha value is -4.70. The van der Waals surface area contributed by atoms with Crippen molar-refractivity contribution in [3.8, 4) is 11.4 Å². The molecule has 0 radical (unpaired) electrons. The molecule has 176 valence electrons. The predicted molar refractivity (Wildman–Crippen MR) is 129 cm³/mol. The van der Waals surface area contributed by atoms with Gasteiger partial charge in [-0.05, 0) is 58.0 Å². The molecule has 0 aliphatic heterocycles. The number of aliphatic carboxylic acids is 1. The number of carboxylic acids is 1. The minimum absolute atomic E-state index is 0.0815. The van der Waals surface area contributed by atoms with Crippen molar-refractivity contribution in [2.24, 2.45) is 0 Å². The van der Waals surface area contributed by atoms with Crippen molar-refractivity contribution in [3.05, 3.63) is 100 Å². The highest BCUT2D eigenvalue weighted by Crippen LogP contribution is 2.22. The van der Waals surface area contributed by atoms with Crippen molar-refractivity contribution < 1.29 is 19.8 Å². The molecule has 0 bridgehead atoms. The molecule has 1 heterocycles. The minimum atomic E-state index is -1.29. The number of amides is 1. The van der Waals surface area contributed by atoms with Crippen molar-refractivity contribution in [2.75, 3.05) is 5.32 Å². The van der Waals surface area contributed by atoms with Crippen LogP contribution in [0.4, 0.5) is 5.95 Å². The minimum Gasteiger partial charge on any atom is -0.508 e. The van der Waals surface area contributed by atoms with E-state index < -0.39 is 11.9 Å². The Morgan fingerprint density at radius 2 is 1.83 bits per heavy atom. The average molecular weight is 491 g/mol. The molecule has 3 aromatic carbocycles. The van der Waals surface area contributed by atoms with E-state index in [0.717, 1.165) is 5.56 Å². The summed E-state index contributed by atoms with van der Waals surface area (Å²) in [5.74, 6) is -1.49. The third-order valence-corrected chi connectivity index (χ3v) is 5.17. The summed E-state index contributed by atoms with van der Waals surface area (Å²) >= 11 is 6.35. The van der Waals surface area contributed by atoms with Crippen molar-refractivity contribution >= 4 is 35.5 Å². The van der Waals surface area contributed by atoms with Gasteiger partial charge in [0.05, 0.1) is 16.3 Å². The fourth-order valence-electron chi connectivity index (χ4n) is 3.20. The Labute approximate surface area is 204 Å². The van der Waals surface area contributed by atoms with Crippen LogP contribution >= 0.6 is 11.6 Å². The molecule has 0 saturated carbocycles. The first-order valence-electron chi connectivity index (χ1n) is 10.3. The van der Waals surface area contributed by atoms with Gasteiger partial charge in [-0.15, -0.1) is 0 Å². The fourth-order valence-corrected chi connectivity index (χ4v) is 3.46. The smallest absolute Gasteiger partial charge is 0.352 e. The Kier molecular flexibility index (Phi) is 7.03. The van der Waals surface area contributed by atoms with Gasteiger partial charge in [-0.3, -0.25) is 4.79 Å². The van der Waals surface area contributed by atoms with Crippen LogP contribution in [0.3, 0.4) is 0 Å². The first-order valence-corrected chi connectivity index (χ1v) is 10.7. The second-order valence-corrected chi connectivity index (χ2v) is 7.74. The summed E-state index contributed by atoms with van der Waals surface area (Å²) in [7, 11) is 0. The maximum Gasteiger partial charge on any atom is 0.352 e. The van der Waals surface area contributed by atoms with E-state index in [-0.39, 0.29) is 22.0 Å². The number of halogens is 1. The summed E-state index contributed by atoms with van der Waals surface area (Å²) in [5, 5.41) is 36.2. The standard InChI is InChI=1S/C24H19ClN6O4/c25-20-13-17(31-24(28-29-30-31)26-14-16-7-4-8-18(32)11-16)9-10-19(20)22(33)27-21(23(34)35)12-15-5-2-1-3-6-15/h1-13,32H,14H2,(H,27,33)(H,34,35)(H,26,28,30)/b21-12-. The quantitative estimate of drug-likeness (QED) is 0.275. The van der Waals surface area contributed by atoms with Gasteiger partial charge < -0.3 is 20.8 Å². The molecular weight excluding hydrogens is 472 g/mol. The summed E-state index contributed by atoms with van der Waals surface area (Å²) in [6.07, 6.45) is 1.36. The predicted octanol–water partition coefficient (Wildman–Crippen LogP) is 3.49. The van der Waals surface area contributed by atoms with E-state index in [1.165, 1.54) is 22.9 Å². The lowest BCUT2D eigenvalue weighted by Gasteiger charge is -2.11. The molecule has 1 aromatic heterocycles. The number of hydrogen-bond acceptors (Lipinski definition) is 7. The van der Waals surface area contributed by atoms with Gasteiger partial charge in [-0.25, -0.2) is 4.79 Å². The largest absolute Gasteiger partial charge is 0.508 e. The summed E-state index contributed by atoms with van der Waals surface area (Å²) in [5.41, 5.74) is 1.71. The van der Waals surface area contributed by atoms with Crippen LogP contribution in [0.1, 0.15) is 21.5 Å². The summed E-state index contributed by atoms with van der Waals surface area (Å²) in [6, 6.07) is 20.0. The van der Waals surface area contributed by atoms with Gasteiger partial charge >= 0.3 is 5.97 Å². The molecular formula is C24H19ClN6O4. The molecule has 0 saturated heterocycles. The monoisotopic (exact) mass is 490 g/mol. The lowest BCUT2D eigenvalue weighted by molar-refractivity contribution is -0.132. The number of carbonyl (C=O) groups excluding carboxylic acids is 1. The molecule has 4 aromatic rings. The Bertz CT molecular complexity index is 1400. The van der Waals surface area contributed by atoms with Crippen LogP contribution in [0.25, 0.3) is 11.8 Å². The number of tetrazole rings is 1. The molecule has 0 aliphatic rings. The molecule has 35 heavy (non-hydrogen) atoms. The SMILES string of the molecule is O=C(O)/C(=C/c1ccccc1)NC(=O)c1ccc(-n2nnnc2NCc2cccc(O)c2)cc1Cl. The maximum atomic E-state index is 12.7. The number of anilines is 1. The molecule has 0 aliphatic carbocycles. The molecule has 0 spiro atoms. The van der Waals surface area contributed by atoms with Gasteiger partial charge in [0.1, 0.15) is 11.4 Å². The van der Waals surface area contributed by atoms with Gasteiger partial charge in [-0.1, -0.05) is 59.2 Å². The van der Waals surface area contributed by atoms with Gasteiger partial charge in [0.15, 0.2) is 0 Å². The Morgan fingerprint density at radius 3 is 2.54 bits per heavy atom. The van der Waals surface area contributed by atoms with E-state index >= 15 is 0 Å². The molecule has 0 fully saturated rings. The number of carboxylic acid groups (broad SMARTS) is 1. The average Bonchev–Trinajstić information content (AvgIpc) is 3.31. The van der Waals surface area contributed by atoms with Crippen LogP contribution in [0.15, 0.2) is 78.5 Å². The van der Waals surface area contributed by atoms with E-state index in [1.807, 2.05) is 6.07 Å². The summed E-state index contributed by atoms with van der Waals surface area (Å²) < 4.78 is 1.40. The third-order valence-electron chi connectivity index (χ3n) is 4.86. The summed E-state index contributed by atoms with van der Waals surface area (Å²) in [4.78, 5) is 24.4. The van der Waals surface area contributed by atoms with Gasteiger partial charge in [-0.2, -0.15) is 4.68 Å². The van der Waals surface area contributed by atoms with Crippen molar-refractivity contribution in [1.29, 1.82) is 0 Å². The second-order valence-electron chi connectivity index (χ2n) is 7.33. The molecule has 10 nitrogen and oxygen atoms in total. The zero-order valence-corrected chi connectivity index (χ0v) is 18.8. The number of aromatic hydroxyl groups is 1. The highest BCUT2D eigenvalue weighted by atomic mass is 35.5. The number of carbonyl (C=O) groups is 2. The summed E-state index contributed by atoms with van der Waals surface area (Å²) in [6.45, 7) is 0.356. The number of aromatic nitrogens is 4. The van der Waals surface area contributed by atoms with Gasteiger partial charge in [0.2, 0.25) is 5.95 Å². The lowest BCUT2D eigenvalue weighted by Crippen LogP contribution is -2.27. The van der Waals surface area contributed by atoms with E-state index in [1.54, 1.807) is 54.6 Å². The highest BCUT2D eigenvalue weighted by molar-refractivity contribution is 6.34. The number of phenols is 1. The number of hydrogen-bond donors (Lipinski definition) is 4. The van der Waals surface area contributed by atoms with Crippen LogP contribution in [-0.2, 0) is 11.3 Å². The Morgan fingerprint density at radius 1 is 1.03 bits per heavy atom. The zero-order chi connectivity index (χ0) is 24.8. The first-order chi connectivity index (χ1) is 16.9. The number of nitrogens with zero attached hydrogens (tertiary/aromatic N) is 4. The topological polar surface area (TPSA) is 142 Å². The van der Waals surface area contributed by atoms with E-state index in [4.69, 9.17) is 11.6 Å². The van der Waals surface area contributed by atoms with Crippen molar-refractivity contribution in [2.45, 2.75) is 6.54 Å². The molecule has 0 unspecified atom stereocenters. The molecule has 1 amide bonds. The molecule has 11 heteroatoms. The molecule has 4 N–H and O–H groups in total. The van der Waals surface area contributed by atoms with Crippen molar-refractivity contribution in [1.82, 2.24) is 25.5 Å². The lowest BCUT2D eigenvalue weighted by atomic mass is 10.1. The van der Waals surface area contributed by atoms with Crippen molar-refractivity contribution in [3.63, 3.8) is 0 Å². The molecule has 0 atom stereocenters. The van der Waals surface area contributed by atoms with E-state index in [9.17, 15) is 19.8 Å². The van der Waals surface area contributed by atoms with Crippen LogP contribution < -0.4 is 10.6 Å². The van der Waals surface area contributed by atoms with Gasteiger partial charge in [0.25, 0.3) is 5.91 Å². The van der Waals surface area contributed by atoms with E-state index in [0.29, 0.717) is 23.7 Å². The van der Waals surface area contributed by atoms with Crippen LogP contribution in [-0.4, -0.2) is 42.3 Å². The zero-order valence-electron chi connectivity index (χ0n) is 18.1. The fraction of sp³-hybridized carbons (Fsp3) is 0.0417. The maximum absolute atomic E-state index is 12.7. The van der Waals surface area contributed by atoms with E-state index in [2.05, 4.69) is 26.2 Å². The second kappa shape index (κ2) is 10.5. The molecule has 4 rings (SSSR count). The highest BCUT2D eigenvalue weighted by Gasteiger charge is 2.18. The van der Waals surface area contributed by atoms with Crippen LogP contribution in [0.2, 0.25) is 5.02 Å². The number of nitrogens with one attached hydrogen (secondary N) is 2.